The third-order valence-electron chi connectivity index (χ3n) is 14.2. The van der Waals surface area contributed by atoms with Gasteiger partial charge in [-0.15, -0.1) is 0 Å². The zero-order valence-corrected chi connectivity index (χ0v) is 40.5. The zero-order chi connectivity index (χ0) is 52.2. The number of aromatic hydroxyl groups is 2. The van der Waals surface area contributed by atoms with E-state index in [1.807, 2.05) is 4.90 Å². The van der Waals surface area contributed by atoms with E-state index in [0.29, 0.717) is 32.5 Å². The molecule has 4 heterocycles. The molecule has 7 amide bonds. The number of phenols is 2. The van der Waals surface area contributed by atoms with Gasteiger partial charge in [-0.2, -0.15) is 0 Å². The van der Waals surface area contributed by atoms with E-state index in [4.69, 9.17) is 23.7 Å². The lowest BCUT2D eigenvalue weighted by molar-refractivity contribution is -0.264. The Bertz CT molecular complexity index is 2580. The van der Waals surface area contributed by atoms with Crippen LogP contribution < -0.4 is 26.0 Å². The predicted octanol–water partition coefficient (Wildman–Crippen LogP) is -1.56. The van der Waals surface area contributed by atoms with Crippen LogP contribution in [0.1, 0.15) is 88.1 Å². The summed E-state index contributed by atoms with van der Waals surface area (Å²) in [5.41, 5.74) is -0.860. The highest BCUT2D eigenvalue weighted by atomic mass is 16.7. The number of likely N-dealkylation sites (tertiary alicyclic amines) is 1. The Morgan fingerprint density at radius 1 is 0.808 bits per heavy atom. The number of imide groups is 1. The van der Waals surface area contributed by atoms with Gasteiger partial charge < -0.3 is 65.2 Å². The predicted molar refractivity (Wildman–Crippen MR) is 250 cm³/mol. The molecule has 7 atom stereocenters. The summed E-state index contributed by atoms with van der Waals surface area (Å²) in [6.07, 6.45) is -1.73. The van der Waals surface area contributed by atoms with E-state index in [2.05, 4.69) is 21.3 Å². The van der Waals surface area contributed by atoms with E-state index in [1.165, 1.54) is 37.3 Å². The Kier molecular flexibility index (Phi) is 16.2. The van der Waals surface area contributed by atoms with E-state index in [0.717, 1.165) is 17.1 Å². The first-order chi connectivity index (χ1) is 35.0. The van der Waals surface area contributed by atoms with Gasteiger partial charge in [0.2, 0.25) is 35.3 Å². The molecule has 3 fully saturated rings. The van der Waals surface area contributed by atoms with Crippen LogP contribution in [-0.4, -0.2) is 193 Å². The molecule has 2 aromatic rings. The second-order valence-corrected chi connectivity index (χ2v) is 18.6. The number of hydrogen-bond donors (Lipinski definition) is 7. The lowest BCUT2D eigenvalue weighted by Crippen LogP contribution is -2.59. The quantitative estimate of drug-likeness (QED) is 0.0631. The van der Waals surface area contributed by atoms with Crippen LogP contribution in [0.5, 0.6) is 17.2 Å². The van der Waals surface area contributed by atoms with Crippen molar-refractivity contribution in [3.8, 4) is 17.2 Å². The Hall–Kier alpha value is -6.83. The summed E-state index contributed by atoms with van der Waals surface area (Å²) in [6, 6.07) is 3.60. The number of ether oxygens (including phenoxy) is 5. The fourth-order valence-electron chi connectivity index (χ4n) is 10.3. The van der Waals surface area contributed by atoms with Crippen LogP contribution >= 0.6 is 0 Å². The fraction of sp³-hybridized carbons (Fsp3) is 0.531. The molecule has 0 aromatic heterocycles. The van der Waals surface area contributed by atoms with Crippen LogP contribution in [0.3, 0.4) is 0 Å². The lowest BCUT2D eigenvalue weighted by atomic mass is 9.74. The Balaban J connectivity index is 0.890. The van der Waals surface area contributed by atoms with Crippen molar-refractivity contribution in [3.63, 3.8) is 0 Å². The molecule has 0 spiro atoms. The van der Waals surface area contributed by atoms with Crippen molar-refractivity contribution in [2.45, 2.75) is 88.4 Å². The number of benzene rings is 2. The number of carbonyl (C=O) groups excluding carboxylic acids is 9. The SMILES string of the molecule is COc1cccc2c1C(=O)c1c(O)c3c(c(O)c1C2=O)C[C@@H](C(=O)NC1CCN(C(=O)CNC(=O)CNC(=O)CNC(=O)CCN2C(=O)C=CC2=O)CC1)C[C@@H]3OC1C[C@H](N2CCO[C@H](OC)C2)[C@H](O)[C@H](C)O1. The minimum absolute atomic E-state index is 0.0251. The number of morpholine rings is 1. The molecule has 1 unspecified atom stereocenters. The molecule has 8 rings (SSSR count). The number of hydrogen-bond acceptors (Lipinski definition) is 18. The average molecular weight is 1020 g/mol. The minimum Gasteiger partial charge on any atom is -0.507 e. The summed E-state index contributed by atoms with van der Waals surface area (Å²) in [6.45, 7) is 1.90. The maximum absolute atomic E-state index is 14.3. The monoisotopic (exact) mass is 1020 g/mol. The van der Waals surface area contributed by atoms with Gasteiger partial charge in [0.05, 0.1) is 68.4 Å². The van der Waals surface area contributed by atoms with Gasteiger partial charge >= 0.3 is 0 Å². The van der Waals surface area contributed by atoms with E-state index in [-0.39, 0.29) is 79.9 Å². The van der Waals surface area contributed by atoms with Crippen LogP contribution in [0, 0.1) is 5.92 Å². The van der Waals surface area contributed by atoms with Crippen LogP contribution in [0.2, 0.25) is 0 Å². The molecule has 7 N–H and O–H groups in total. The van der Waals surface area contributed by atoms with Crippen LogP contribution in [0.25, 0.3) is 0 Å². The molecule has 24 nitrogen and oxygen atoms in total. The van der Waals surface area contributed by atoms with Crippen LogP contribution in [0.15, 0.2) is 30.4 Å². The van der Waals surface area contributed by atoms with E-state index < -0.39 is 138 Å². The summed E-state index contributed by atoms with van der Waals surface area (Å²) in [5, 5.41) is 45.6. The second kappa shape index (κ2) is 22.5. The fourth-order valence-corrected chi connectivity index (χ4v) is 10.3. The van der Waals surface area contributed by atoms with Crippen molar-refractivity contribution >= 4 is 52.9 Å². The number of methoxy groups -OCH3 is 2. The molecule has 3 saturated heterocycles. The highest BCUT2D eigenvalue weighted by Gasteiger charge is 2.47. The normalized spacial score (nSPS) is 25.1. The molecule has 0 radical (unpaired) electrons. The highest BCUT2D eigenvalue weighted by Crippen LogP contribution is 2.52. The zero-order valence-electron chi connectivity index (χ0n) is 40.5. The molecule has 0 saturated carbocycles. The molecule has 73 heavy (non-hydrogen) atoms. The van der Waals surface area contributed by atoms with Gasteiger partial charge in [-0.25, -0.2) is 0 Å². The first kappa shape index (κ1) is 52.5. The Morgan fingerprint density at radius 3 is 2.16 bits per heavy atom. The maximum atomic E-state index is 14.3. The number of nitrogens with zero attached hydrogens (tertiary/aromatic N) is 3. The molecular weight excluding hydrogens is 959 g/mol. The first-order valence-corrected chi connectivity index (χ1v) is 24.1. The minimum atomic E-state index is -1.17. The third-order valence-corrected chi connectivity index (χ3v) is 14.2. The Morgan fingerprint density at radius 2 is 1.48 bits per heavy atom. The highest BCUT2D eigenvalue weighted by molar-refractivity contribution is 6.31. The number of carbonyl (C=O) groups is 9. The number of aliphatic hydroxyl groups is 1. The summed E-state index contributed by atoms with van der Waals surface area (Å²) in [4.78, 5) is 120. The standard InChI is InChI=1S/C49H59N7O17/c1-24-44(63)29(55-15-16-71-39(23-55)70-3)19-38(72-24)73-31-18-25(17-28-41(31)48(67)43-42(46(28)65)45(64)27-5-4-6-30(69-2)40(27)47(43)66)49(68)53-26-9-12-54(13-10-26)37(62)22-52-34(59)21-51-33(58)20-50-32(57)11-14-56-35(60)7-8-36(56)61/h4-8,24-26,29,31,38-39,44,63,65,67H,9-23H2,1-3H3,(H,50,57)(H,51,58)(H,52,59)(H,53,68)/t24-,25+,29-,31-,38?,39-,44+/m0/s1. The van der Waals surface area contributed by atoms with Crippen molar-refractivity contribution in [2.24, 2.45) is 5.92 Å². The topological polar surface area (TPSA) is 318 Å². The molecule has 392 valence electrons. The largest absolute Gasteiger partial charge is 0.507 e. The van der Waals surface area contributed by atoms with E-state index in [9.17, 15) is 58.5 Å². The first-order valence-electron chi connectivity index (χ1n) is 24.1. The number of rotatable bonds is 16. The van der Waals surface area contributed by atoms with Crippen molar-refractivity contribution in [1.29, 1.82) is 0 Å². The molecule has 4 aliphatic heterocycles. The van der Waals surface area contributed by atoms with Crippen molar-refractivity contribution in [1.82, 2.24) is 36.0 Å². The van der Waals surface area contributed by atoms with E-state index in [1.54, 1.807) is 6.92 Å². The van der Waals surface area contributed by atoms with Crippen LogP contribution in [-0.2, 0) is 58.9 Å². The number of ketones is 2. The smallest absolute Gasteiger partial charge is 0.253 e. The number of phenolic OH excluding ortho intramolecular Hbond substituents is 2. The van der Waals surface area contributed by atoms with Gasteiger partial charge in [0.1, 0.15) is 17.2 Å². The van der Waals surface area contributed by atoms with Gasteiger partial charge in [0, 0.05) is 99.5 Å². The summed E-state index contributed by atoms with van der Waals surface area (Å²) in [7, 11) is 2.87. The van der Waals surface area contributed by atoms with Gasteiger partial charge in [-0.05, 0) is 38.7 Å². The van der Waals surface area contributed by atoms with Crippen molar-refractivity contribution in [2.75, 3.05) is 73.2 Å². The third kappa shape index (κ3) is 11.2. The molecule has 6 aliphatic rings. The number of aliphatic hydroxyl groups excluding tert-OH is 1. The molecule has 2 aliphatic carbocycles. The van der Waals surface area contributed by atoms with Crippen molar-refractivity contribution in [3.05, 3.63) is 63.7 Å². The van der Waals surface area contributed by atoms with Gasteiger partial charge in [0.25, 0.3) is 11.8 Å². The van der Waals surface area contributed by atoms with Gasteiger partial charge in [-0.3, -0.25) is 53.0 Å². The number of piperidine rings is 1. The number of nitrogens with one attached hydrogen (secondary N) is 4. The molecular formula is C49H59N7O17. The van der Waals surface area contributed by atoms with Gasteiger partial charge in [-0.1, -0.05) is 12.1 Å². The van der Waals surface area contributed by atoms with Crippen molar-refractivity contribution < 1.29 is 82.2 Å². The molecule has 24 heteroatoms. The molecule has 0 bridgehead atoms. The Labute approximate surface area is 418 Å². The van der Waals surface area contributed by atoms with Crippen LogP contribution in [0.4, 0.5) is 0 Å². The van der Waals surface area contributed by atoms with Gasteiger partial charge in [0.15, 0.2) is 18.4 Å². The molecule has 2 aromatic carbocycles. The maximum Gasteiger partial charge on any atom is 0.253 e. The van der Waals surface area contributed by atoms with E-state index >= 15 is 0 Å². The summed E-state index contributed by atoms with van der Waals surface area (Å²) < 4.78 is 29.3. The number of amides is 7. The second-order valence-electron chi connectivity index (χ2n) is 18.6. The lowest BCUT2D eigenvalue weighted by Gasteiger charge is -2.46. The summed E-state index contributed by atoms with van der Waals surface area (Å²) in [5.74, 6) is -7.26. The summed E-state index contributed by atoms with van der Waals surface area (Å²) >= 11 is 0. The average Bonchev–Trinajstić information content (AvgIpc) is 3.71. The number of fused-ring (bicyclic) bond motifs is 3.